The molecule has 0 heterocycles. The Kier molecular flexibility index (Phi) is 7.91. The summed E-state index contributed by atoms with van der Waals surface area (Å²) in [6, 6.07) is 78.3. The fourth-order valence-corrected chi connectivity index (χ4v) is 9.61. The molecule has 0 saturated carbocycles. The minimum atomic E-state index is -0.215. The van der Waals surface area contributed by atoms with Crippen LogP contribution in [0, 0.1) is 0 Å². The lowest BCUT2D eigenvalue weighted by molar-refractivity contribution is 0.660. The lowest BCUT2D eigenvalue weighted by Gasteiger charge is -2.32. The summed E-state index contributed by atoms with van der Waals surface area (Å²) < 4.78 is 0. The maximum atomic E-state index is 2.55. The molecule has 0 N–H and O–H groups in total. The molecule has 0 aromatic heterocycles. The summed E-state index contributed by atoms with van der Waals surface area (Å²) in [6.07, 6.45) is 0. The Balaban J connectivity index is 1.22. The van der Waals surface area contributed by atoms with Gasteiger partial charge in [-0.3, -0.25) is 0 Å². The van der Waals surface area contributed by atoms with Gasteiger partial charge in [-0.1, -0.05) is 196 Å². The summed E-state index contributed by atoms with van der Waals surface area (Å²) in [5.74, 6) is 0. The summed E-state index contributed by atoms with van der Waals surface area (Å²) in [5.41, 5.74) is 15.9. The van der Waals surface area contributed by atoms with E-state index in [1.54, 1.807) is 0 Å². The molecule has 0 saturated heterocycles. The van der Waals surface area contributed by atoms with E-state index in [2.05, 4.69) is 231 Å². The number of hydrogen-bond acceptors (Lipinski definition) is 1. The predicted molar refractivity (Wildman–Crippen MR) is 248 cm³/mol. The molecule has 0 unspecified atom stereocenters. The van der Waals surface area contributed by atoms with Gasteiger partial charge in [-0.2, -0.15) is 0 Å². The second-order valence-corrected chi connectivity index (χ2v) is 16.1. The van der Waals surface area contributed by atoms with Crippen molar-refractivity contribution in [2.75, 3.05) is 4.90 Å². The van der Waals surface area contributed by atoms with E-state index in [-0.39, 0.29) is 5.41 Å². The van der Waals surface area contributed by atoms with E-state index in [0.717, 1.165) is 11.4 Å². The zero-order valence-electron chi connectivity index (χ0n) is 32.7. The highest BCUT2D eigenvalue weighted by atomic mass is 15.1. The first kappa shape index (κ1) is 34.1. The minimum absolute atomic E-state index is 0.215. The number of anilines is 3. The normalized spacial score (nSPS) is 12.8. The molecule has 10 aromatic carbocycles. The van der Waals surface area contributed by atoms with Gasteiger partial charge >= 0.3 is 0 Å². The molecule has 0 aliphatic heterocycles. The van der Waals surface area contributed by atoms with E-state index < -0.39 is 0 Å². The summed E-state index contributed by atoms with van der Waals surface area (Å²) >= 11 is 0. The summed E-state index contributed by atoms with van der Waals surface area (Å²) in [7, 11) is 0. The molecule has 0 atom stereocenters. The molecule has 1 aliphatic carbocycles. The van der Waals surface area contributed by atoms with Gasteiger partial charge < -0.3 is 4.90 Å². The van der Waals surface area contributed by atoms with Gasteiger partial charge in [0.05, 0.1) is 5.69 Å². The van der Waals surface area contributed by atoms with E-state index >= 15 is 0 Å². The van der Waals surface area contributed by atoms with E-state index in [9.17, 15) is 0 Å². The van der Waals surface area contributed by atoms with Crippen molar-refractivity contribution in [1.82, 2.24) is 0 Å². The third-order valence-corrected chi connectivity index (χ3v) is 12.4. The highest BCUT2D eigenvalue weighted by Gasteiger charge is 2.37. The van der Waals surface area contributed by atoms with E-state index in [1.807, 2.05) is 0 Å². The van der Waals surface area contributed by atoms with E-state index in [4.69, 9.17) is 0 Å². The van der Waals surface area contributed by atoms with Gasteiger partial charge in [-0.15, -0.1) is 0 Å². The largest absolute Gasteiger partial charge is 0.309 e. The molecule has 1 nitrogen and oxygen atoms in total. The standard InChI is InChI=1S/C57H41N/c1-57(2)53-36-42(39-19-7-4-8-20-39)31-33-48(53)49-34-32-44(37-54(49)57)58(43-24-15-23-41(35-43)38-17-5-3-6-18-38)56-52-29-14-12-27-47(52)46-26-11-13-28-51(46)55(56)50-30-16-22-40-21-9-10-25-45(40)50/h3-37H,1-2H3. The third-order valence-electron chi connectivity index (χ3n) is 12.4. The number of fused-ring (bicyclic) bond motifs is 7. The van der Waals surface area contributed by atoms with Gasteiger partial charge in [-0.25, -0.2) is 0 Å². The number of benzene rings is 10. The van der Waals surface area contributed by atoms with Crippen molar-refractivity contribution >= 4 is 49.4 Å². The van der Waals surface area contributed by atoms with Crippen molar-refractivity contribution in [2.45, 2.75) is 19.3 Å². The molecule has 11 rings (SSSR count). The molecule has 0 amide bonds. The first-order valence-electron chi connectivity index (χ1n) is 20.3. The maximum absolute atomic E-state index is 2.55. The van der Waals surface area contributed by atoms with Crippen LogP contribution in [0.3, 0.4) is 0 Å². The lowest BCUT2D eigenvalue weighted by atomic mass is 9.81. The van der Waals surface area contributed by atoms with Crippen LogP contribution >= 0.6 is 0 Å². The summed E-state index contributed by atoms with van der Waals surface area (Å²) in [4.78, 5) is 2.55. The molecular formula is C57H41N. The fourth-order valence-electron chi connectivity index (χ4n) is 9.61. The molecular weight excluding hydrogens is 699 g/mol. The van der Waals surface area contributed by atoms with Gasteiger partial charge in [0, 0.05) is 27.7 Å². The van der Waals surface area contributed by atoms with Crippen molar-refractivity contribution < 1.29 is 0 Å². The Morgan fingerprint density at radius 2 is 0.828 bits per heavy atom. The zero-order chi connectivity index (χ0) is 38.8. The van der Waals surface area contributed by atoms with Crippen LogP contribution in [0.5, 0.6) is 0 Å². The summed E-state index contributed by atoms with van der Waals surface area (Å²) in [5, 5.41) is 7.41. The maximum Gasteiger partial charge on any atom is 0.0625 e. The van der Waals surface area contributed by atoms with Gasteiger partial charge in [0.2, 0.25) is 0 Å². The van der Waals surface area contributed by atoms with Crippen LogP contribution in [-0.2, 0) is 5.41 Å². The molecule has 58 heavy (non-hydrogen) atoms. The van der Waals surface area contributed by atoms with Crippen LogP contribution in [0.4, 0.5) is 17.1 Å². The first-order valence-corrected chi connectivity index (χ1v) is 20.3. The quantitative estimate of drug-likeness (QED) is 0.154. The molecule has 0 bridgehead atoms. The second-order valence-electron chi connectivity index (χ2n) is 16.1. The number of hydrogen-bond donors (Lipinski definition) is 0. The SMILES string of the molecule is CC1(C)c2cc(-c3ccccc3)ccc2-c2ccc(N(c3cccc(-c4ccccc4)c3)c3c(-c4cccc5ccccc45)c4ccccc4c4ccccc34)cc21. The molecule has 0 spiro atoms. The highest BCUT2D eigenvalue weighted by Crippen LogP contribution is 2.54. The van der Waals surface area contributed by atoms with Crippen molar-refractivity contribution in [1.29, 1.82) is 0 Å². The van der Waals surface area contributed by atoms with Crippen LogP contribution in [-0.4, -0.2) is 0 Å². The Labute approximate surface area is 340 Å². The van der Waals surface area contributed by atoms with Crippen molar-refractivity contribution in [3.05, 3.63) is 223 Å². The number of nitrogens with zero attached hydrogens (tertiary/aromatic N) is 1. The first-order chi connectivity index (χ1) is 28.5. The Morgan fingerprint density at radius 3 is 1.55 bits per heavy atom. The van der Waals surface area contributed by atoms with Crippen molar-refractivity contribution in [3.63, 3.8) is 0 Å². The molecule has 1 heteroatoms. The van der Waals surface area contributed by atoms with Gasteiger partial charge in [0.25, 0.3) is 0 Å². The Bertz CT molecular complexity index is 3190. The van der Waals surface area contributed by atoms with E-state index in [0.29, 0.717) is 0 Å². The third kappa shape index (κ3) is 5.39. The second kappa shape index (κ2) is 13.5. The lowest BCUT2D eigenvalue weighted by Crippen LogP contribution is -2.17. The average Bonchev–Trinajstić information content (AvgIpc) is 3.51. The molecule has 0 fully saturated rings. The minimum Gasteiger partial charge on any atom is -0.309 e. The summed E-state index contributed by atoms with van der Waals surface area (Å²) in [6.45, 7) is 4.78. The molecule has 0 radical (unpaired) electrons. The average molecular weight is 740 g/mol. The zero-order valence-corrected chi connectivity index (χ0v) is 32.7. The van der Waals surface area contributed by atoms with Crippen molar-refractivity contribution in [2.24, 2.45) is 0 Å². The molecule has 1 aliphatic rings. The van der Waals surface area contributed by atoms with E-state index in [1.165, 1.54) is 93.6 Å². The number of rotatable bonds is 6. The van der Waals surface area contributed by atoms with Crippen LogP contribution in [0.15, 0.2) is 212 Å². The van der Waals surface area contributed by atoms with Gasteiger partial charge in [0.1, 0.15) is 0 Å². The topological polar surface area (TPSA) is 3.24 Å². The Morgan fingerprint density at radius 1 is 0.328 bits per heavy atom. The predicted octanol–water partition coefficient (Wildman–Crippen LogP) is 15.9. The van der Waals surface area contributed by atoms with Crippen LogP contribution < -0.4 is 4.90 Å². The van der Waals surface area contributed by atoms with Gasteiger partial charge in [-0.05, 0) is 107 Å². The fraction of sp³-hybridized carbons (Fsp3) is 0.0526. The monoisotopic (exact) mass is 739 g/mol. The van der Waals surface area contributed by atoms with Crippen LogP contribution in [0.1, 0.15) is 25.0 Å². The molecule has 10 aromatic rings. The highest BCUT2D eigenvalue weighted by molar-refractivity contribution is 6.24. The van der Waals surface area contributed by atoms with Crippen molar-refractivity contribution in [3.8, 4) is 44.5 Å². The molecule has 274 valence electrons. The smallest absolute Gasteiger partial charge is 0.0625 e. The van der Waals surface area contributed by atoms with Crippen LogP contribution in [0.25, 0.3) is 76.8 Å². The van der Waals surface area contributed by atoms with Crippen LogP contribution in [0.2, 0.25) is 0 Å². The Hall–Kier alpha value is -7.22. The van der Waals surface area contributed by atoms with Gasteiger partial charge in [0.15, 0.2) is 0 Å².